The minimum Gasteiger partial charge on any atom is -0.355 e. The van der Waals surface area contributed by atoms with Crippen LogP contribution in [-0.2, 0) is 12.3 Å². The van der Waals surface area contributed by atoms with Gasteiger partial charge in [0.25, 0.3) is 5.91 Å². The second kappa shape index (κ2) is 5.76. The molecule has 0 aromatic heterocycles. The minimum atomic E-state index is -0.0654. The summed E-state index contributed by atoms with van der Waals surface area (Å²) >= 11 is 5.86. The average Bonchev–Trinajstić information content (AvgIpc) is 2.29. The SMILES string of the molecule is CCCc1ccc(C(=O)NC)cc1CCl. The molecule has 0 unspecified atom stereocenters. The molecule has 1 aromatic rings. The predicted molar refractivity (Wildman–Crippen MR) is 63.4 cm³/mol. The van der Waals surface area contributed by atoms with E-state index >= 15 is 0 Å². The first-order valence-electron chi connectivity index (χ1n) is 5.12. The van der Waals surface area contributed by atoms with Crippen LogP contribution in [0.2, 0.25) is 0 Å². The number of carbonyl (C=O) groups is 1. The van der Waals surface area contributed by atoms with Crippen molar-refractivity contribution in [3.8, 4) is 0 Å². The molecule has 0 aliphatic rings. The zero-order chi connectivity index (χ0) is 11.3. The number of halogens is 1. The van der Waals surface area contributed by atoms with Crippen molar-refractivity contribution in [3.05, 3.63) is 34.9 Å². The Labute approximate surface area is 95.6 Å². The van der Waals surface area contributed by atoms with Crippen molar-refractivity contribution < 1.29 is 4.79 Å². The molecule has 1 rings (SSSR count). The van der Waals surface area contributed by atoms with Gasteiger partial charge in [-0.2, -0.15) is 0 Å². The van der Waals surface area contributed by atoms with Gasteiger partial charge in [-0.3, -0.25) is 4.79 Å². The first-order chi connectivity index (χ1) is 7.22. The van der Waals surface area contributed by atoms with Crippen LogP contribution in [-0.4, -0.2) is 13.0 Å². The Bertz CT molecular complexity index is 349. The van der Waals surface area contributed by atoms with Crippen molar-refractivity contribution in [1.82, 2.24) is 5.32 Å². The monoisotopic (exact) mass is 225 g/mol. The third kappa shape index (κ3) is 2.96. The predicted octanol–water partition coefficient (Wildman–Crippen LogP) is 2.74. The van der Waals surface area contributed by atoms with Gasteiger partial charge in [0.1, 0.15) is 0 Å². The van der Waals surface area contributed by atoms with E-state index < -0.39 is 0 Å². The maximum Gasteiger partial charge on any atom is 0.251 e. The fourth-order valence-corrected chi connectivity index (χ4v) is 1.80. The molecule has 0 saturated heterocycles. The summed E-state index contributed by atoms with van der Waals surface area (Å²) in [6, 6.07) is 5.71. The standard InChI is InChI=1S/C12H16ClNO/c1-3-4-9-5-6-10(12(15)14-2)7-11(9)8-13/h5-7H,3-4,8H2,1-2H3,(H,14,15). The molecule has 1 N–H and O–H groups in total. The third-order valence-electron chi connectivity index (χ3n) is 2.36. The largest absolute Gasteiger partial charge is 0.355 e. The summed E-state index contributed by atoms with van der Waals surface area (Å²) in [6.45, 7) is 2.13. The maximum absolute atomic E-state index is 11.4. The Kier molecular flexibility index (Phi) is 4.63. The lowest BCUT2D eigenvalue weighted by Crippen LogP contribution is -2.18. The number of aryl methyl sites for hydroxylation is 1. The summed E-state index contributed by atoms with van der Waals surface area (Å²) in [5.74, 6) is 0.393. The second-order valence-electron chi connectivity index (χ2n) is 3.45. The number of rotatable bonds is 4. The van der Waals surface area contributed by atoms with E-state index in [1.165, 1.54) is 5.56 Å². The van der Waals surface area contributed by atoms with E-state index in [9.17, 15) is 4.79 Å². The van der Waals surface area contributed by atoms with Gasteiger partial charge in [-0.1, -0.05) is 19.4 Å². The Hall–Kier alpha value is -1.02. The van der Waals surface area contributed by atoms with Crippen LogP contribution in [0.25, 0.3) is 0 Å². The Morgan fingerprint density at radius 1 is 1.40 bits per heavy atom. The zero-order valence-corrected chi connectivity index (χ0v) is 9.90. The van der Waals surface area contributed by atoms with Gasteiger partial charge < -0.3 is 5.32 Å². The smallest absolute Gasteiger partial charge is 0.251 e. The summed E-state index contributed by atoms with van der Waals surface area (Å²) < 4.78 is 0. The van der Waals surface area contributed by atoms with Gasteiger partial charge >= 0.3 is 0 Å². The van der Waals surface area contributed by atoms with Crippen molar-refractivity contribution in [3.63, 3.8) is 0 Å². The van der Waals surface area contributed by atoms with E-state index in [2.05, 4.69) is 12.2 Å². The highest BCUT2D eigenvalue weighted by molar-refractivity contribution is 6.17. The fourth-order valence-electron chi connectivity index (χ4n) is 1.55. The summed E-state index contributed by atoms with van der Waals surface area (Å²) in [6.07, 6.45) is 2.10. The van der Waals surface area contributed by atoms with Gasteiger partial charge in [0.15, 0.2) is 0 Å². The van der Waals surface area contributed by atoms with Crippen LogP contribution < -0.4 is 5.32 Å². The molecule has 0 spiro atoms. The molecule has 0 radical (unpaired) electrons. The normalized spacial score (nSPS) is 10.1. The molecule has 0 atom stereocenters. The molecule has 0 heterocycles. The number of carbonyl (C=O) groups excluding carboxylic acids is 1. The van der Waals surface area contributed by atoms with E-state index in [1.54, 1.807) is 7.05 Å². The highest BCUT2D eigenvalue weighted by Crippen LogP contribution is 2.16. The van der Waals surface area contributed by atoms with Gasteiger partial charge in [0, 0.05) is 18.5 Å². The van der Waals surface area contributed by atoms with Crippen LogP contribution >= 0.6 is 11.6 Å². The Morgan fingerprint density at radius 2 is 2.13 bits per heavy atom. The highest BCUT2D eigenvalue weighted by atomic mass is 35.5. The second-order valence-corrected chi connectivity index (χ2v) is 3.71. The van der Waals surface area contributed by atoms with E-state index in [-0.39, 0.29) is 5.91 Å². The van der Waals surface area contributed by atoms with Gasteiger partial charge in [-0.15, -0.1) is 11.6 Å². The molecule has 0 bridgehead atoms. The number of hydrogen-bond donors (Lipinski definition) is 1. The molecular weight excluding hydrogens is 210 g/mol. The molecule has 0 saturated carbocycles. The number of amides is 1. The molecule has 0 aliphatic heterocycles. The van der Waals surface area contributed by atoms with Crippen LogP contribution in [0, 0.1) is 0 Å². The first kappa shape index (κ1) is 12.1. The zero-order valence-electron chi connectivity index (χ0n) is 9.14. The van der Waals surface area contributed by atoms with E-state index in [0.717, 1.165) is 18.4 Å². The van der Waals surface area contributed by atoms with Crippen molar-refractivity contribution in [2.45, 2.75) is 25.6 Å². The summed E-state index contributed by atoms with van der Waals surface area (Å²) in [7, 11) is 1.63. The lowest BCUT2D eigenvalue weighted by Gasteiger charge is -2.08. The summed E-state index contributed by atoms with van der Waals surface area (Å²) in [5, 5.41) is 2.60. The van der Waals surface area contributed by atoms with Crippen LogP contribution in [0.3, 0.4) is 0 Å². The fraction of sp³-hybridized carbons (Fsp3) is 0.417. The molecule has 82 valence electrons. The highest BCUT2D eigenvalue weighted by Gasteiger charge is 2.07. The Morgan fingerprint density at radius 3 is 2.67 bits per heavy atom. The lowest BCUT2D eigenvalue weighted by molar-refractivity contribution is 0.0963. The number of benzene rings is 1. The number of hydrogen-bond acceptors (Lipinski definition) is 1. The molecular formula is C12H16ClNO. The molecule has 0 fully saturated rings. The number of alkyl halides is 1. The van der Waals surface area contributed by atoms with E-state index in [1.807, 2.05) is 18.2 Å². The van der Waals surface area contributed by atoms with Crippen molar-refractivity contribution in [2.75, 3.05) is 7.05 Å². The minimum absolute atomic E-state index is 0.0654. The average molecular weight is 226 g/mol. The van der Waals surface area contributed by atoms with Crippen LogP contribution in [0.1, 0.15) is 34.8 Å². The number of nitrogens with one attached hydrogen (secondary N) is 1. The van der Waals surface area contributed by atoms with Gasteiger partial charge in [-0.05, 0) is 29.7 Å². The van der Waals surface area contributed by atoms with Crippen molar-refractivity contribution >= 4 is 17.5 Å². The summed E-state index contributed by atoms with van der Waals surface area (Å²) in [5.41, 5.74) is 2.97. The Balaban J connectivity index is 3.01. The van der Waals surface area contributed by atoms with Crippen molar-refractivity contribution in [2.24, 2.45) is 0 Å². The molecule has 1 amide bonds. The van der Waals surface area contributed by atoms with E-state index in [4.69, 9.17) is 11.6 Å². The first-order valence-corrected chi connectivity index (χ1v) is 5.66. The van der Waals surface area contributed by atoms with E-state index in [0.29, 0.717) is 11.4 Å². The molecule has 3 heteroatoms. The topological polar surface area (TPSA) is 29.1 Å². The van der Waals surface area contributed by atoms with Gasteiger partial charge in [0.2, 0.25) is 0 Å². The quantitative estimate of drug-likeness (QED) is 0.785. The van der Waals surface area contributed by atoms with Crippen molar-refractivity contribution in [1.29, 1.82) is 0 Å². The van der Waals surface area contributed by atoms with Gasteiger partial charge in [0.05, 0.1) is 0 Å². The van der Waals surface area contributed by atoms with Crippen LogP contribution in [0.15, 0.2) is 18.2 Å². The molecule has 0 aliphatic carbocycles. The maximum atomic E-state index is 11.4. The van der Waals surface area contributed by atoms with Gasteiger partial charge in [-0.25, -0.2) is 0 Å². The van der Waals surface area contributed by atoms with Crippen LogP contribution in [0.4, 0.5) is 0 Å². The molecule has 2 nitrogen and oxygen atoms in total. The summed E-state index contributed by atoms with van der Waals surface area (Å²) in [4.78, 5) is 11.4. The van der Waals surface area contributed by atoms with Crippen LogP contribution in [0.5, 0.6) is 0 Å². The third-order valence-corrected chi connectivity index (χ3v) is 2.65. The molecule has 15 heavy (non-hydrogen) atoms. The molecule has 1 aromatic carbocycles. The lowest BCUT2D eigenvalue weighted by atomic mass is 10.0.